The molecule has 0 fully saturated rings. The molecule has 0 heterocycles. The average Bonchev–Trinajstić information content (AvgIpc) is 2.13. The molecule has 2 N–H and O–H groups in total. The number of methoxy groups -OCH3 is 1. The van der Waals surface area contributed by atoms with E-state index in [9.17, 15) is 4.79 Å². The van der Waals surface area contributed by atoms with Crippen LogP contribution in [0.2, 0.25) is 0 Å². The number of hydroxylamine groups is 1. The molecule has 0 aliphatic heterocycles. The van der Waals surface area contributed by atoms with Gasteiger partial charge in [0.1, 0.15) is 0 Å². The molecule has 4 heteroatoms. The Hall–Kier alpha value is -0.610. The molecule has 4 nitrogen and oxygen atoms in total. The van der Waals surface area contributed by atoms with Crippen molar-refractivity contribution < 1.29 is 14.7 Å². The second-order valence-corrected chi connectivity index (χ2v) is 4.69. The molecular formula is C10H21NO3. The number of amides is 1. The first-order chi connectivity index (χ1) is 6.29. The number of nitrogens with one attached hydrogen (secondary N) is 1. The van der Waals surface area contributed by atoms with Crippen LogP contribution in [-0.2, 0) is 9.53 Å². The summed E-state index contributed by atoms with van der Waals surface area (Å²) in [7, 11) is 1.63. The summed E-state index contributed by atoms with van der Waals surface area (Å²) in [4.78, 5) is 11.4. The second kappa shape index (κ2) is 4.75. The lowest BCUT2D eigenvalue weighted by Gasteiger charge is -2.39. The molecular weight excluding hydrogens is 182 g/mol. The monoisotopic (exact) mass is 203 g/mol. The number of ether oxygens (including phenoxy) is 1. The molecule has 14 heavy (non-hydrogen) atoms. The lowest BCUT2D eigenvalue weighted by Crippen LogP contribution is -2.45. The molecule has 84 valence electrons. The third kappa shape index (κ3) is 2.69. The first kappa shape index (κ1) is 13.4. The Morgan fingerprint density at radius 2 is 1.86 bits per heavy atom. The number of rotatable bonds is 5. The van der Waals surface area contributed by atoms with Gasteiger partial charge in [0.05, 0.1) is 5.41 Å². The predicted octanol–water partition coefficient (Wildman–Crippen LogP) is 1.58. The van der Waals surface area contributed by atoms with Crippen LogP contribution in [0.4, 0.5) is 0 Å². The van der Waals surface area contributed by atoms with Crippen molar-refractivity contribution in [2.45, 2.75) is 34.1 Å². The molecule has 0 aromatic rings. The molecule has 0 radical (unpaired) electrons. The van der Waals surface area contributed by atoms with E-state index in [0.29, 0.717) is 6.61 Å². The van der Waals surface area contributed by atoms with E-state index in [1.807, 2.05) is 27.7 Å². The van der Waals surface area contributed by atoms with Crippen molar-refractivity contribution in [2.24, 2.45) is 10.8 Å². The van der Waals surface area contributed by atoms with Gasteiger partial charge in [-0.1, -0.05) is 27.7 Å². The van der Waals surface area contributed by atoms with Gasteiger partial charge in [-0.3, -0.25) is 10.0 Å². The van der Waals surface area contributed by atoms with E-state index < -0.39 is 5.41 Å². The Morgan fingerprint density at radius 1 is 1.36 bits per heavy atom. The van der Waals surface area contributed by atoms with Crippen LogP contribution < -0.4 is 5.48 Å². The van der Waals surface area contributed by atoms with Gasteiger partial charge in [0, 0.05) is 13.7 Å². The zero-order valence-corrected chi connectivity index (χ0v) is 9.68. The Bertz CT molecular complexity index is 200. The van der Waals surface area contributed by atoms with Crippen molar-refractivity contribution in [1.82, 2.24) is 5.48 Å². The Morgan fingerprint density at radius 3 is 2.21 bits per heavy atom. The summed E-state index contributed by atoms with van der Waals surface area (Å²) in [5.41, 5.74) is 0.857. The van der Waals surface area contributed by atoms with E-state index in [1.54, 1.807) is 12.6 Å². The molecule has 0 saturated heterocycles. The quantitative estimate of drug-likeness (QED) is 0.527. The van der Waals surface area contributed by atoms with Gasteiger partial charge in [-0.05, 0) is 11.8 Å². The van der Waals surface area contributed by atoms with Crippen molar-refractivity contribution >= 4 is 5.91 Å². The van der Waals surface area contributed by atoms with Gasteiger partial charge in [-0.2, -0.15) is 0 Å². The number of hydrogen-bond acceptors (Lipinski definition) is 3. The fraction of sp³-hybridized carbons (Fsp3) is 0.900. The minimum Gasteiger partial charge on any atom is -0.385 e. The highest BCUT2D eigenvalue weighted by atomic mass is 16.5. The third-order valence-corrected chi connectivity index (χ3v) is 3.29. The molecule has 0 aliphatic carbocycles. The van der Waals surface area contributed by atoms with Gasteiger partial charge in [-0.15, -0.1) is 0 Å². The van der Waals surface area contributed by atoms with Crippen LogP contribution in [0.15, 0.2) is 0 Å². The van der Waals surface area contributed by atoms with Crippen molar-refractivity contribution in [3.63, 3.8) is 0 Å². The first-order valence-electron chi connectivity index (χ1n) is 4.73. The van der Waals surface area contributed by atoms with Gasteiger partial charge in [-0.25, -0.2) is 5.48 Å². The van der Waals surface area contributed by atoms with Gasteiger partial charge in [0.15, 0.2) is 0 Å². The SMILES string of the molecule is COCCC(C)(C)C(C)(C)C(=O)NO. The van der Waals surface area contributed by atoms with E-state index in [0.717, 1.165) is 6.42 Å². The Kier molecular flexibility index (Phi) is 4.55. The van der Waals surface area contributed by atoms with E-state index in [4.69, 9.17) is 9.94 Å². The van der Waals surface area contributed by atoms with Crippen molar-refractivity contribution in [2.75, 3.05) is 13.7 Å². The minimum atomic E-state index is -0.625. The van der Waals surface area contributed by atoms with Gasteiger partial charge in [0.2, 0.25) is 5.91 Å². The fourth-order valence-corrected chi connectivity index (χ4v) is 1.12. The molecule has 0 bridgehead atoms. The maximum atomic E-state index is 11.4. The zero-order valence-electron chi connectivity index (χ0n) is 9.68. The molecule has 0 aliphatic rings. The van der Waals surface area contributed by atoms with Crippen LogP contribution in [0.5, 0.6) is 0 Å². The molecule has 0 aromatic carbocycles. The molecule has 0 aromatic heterocycles. The van der Waals surface area contributed by atoms with Crippen LogP contribution in [-0.4, -0.2) is 24.8 Å². The average molecular weight is 203 g/mol. The molecule has 0 rings (SSSR count). The standard InChI is InChI=1S/C10H21NO3/c1-9(2,6-7-14-5)10(3,4)8(12)11-13/h13H,6-7H2,1-5H3,(H,11,12). The Labute approximate surface area is 85.6 Å². The summed E-state index contributed by atoms with van der Waals surface area (Å²) in [6, 6.07) is 0. The molecule has 1 amide bonds. The van der Waals surface area contributed by atoms with E-state index >= 15 is 0 Å². The maximum Gasteiger partial charge on any atom is 0.249 e. The van der Waals surface area contributed by atoms with Gasteiger partial charge >= 0.3 is 0 Å². The number of carbonyl (C=O) groups is 1. The maximum absolute atomic E-state index is 11.4. The van der Waals surface area contributed by atoms with Crippen molar-refractivity contribution in [1.29, 1.82) is 0 Å². The number of carbonyl (C=O) groups excluding carboxylic acids is 1. The van der Waals surface area contributed by atoms with Crippen LogP contribution in [0.25, 0.3) is 0 Å². The predicted molar refractivity (Wildman–Crippen MR) is 54.0 cm³/mol. The minimum absolute atomic E-state index is 0.226. The number of hydrogen-bond donors (Lipinski definition) is 2. The smallest absolute Gasteiger partial charge is 0.249 e. The van der Waals surface area contributed by atoms with E-state index in [2.05, 4.69) is 0 Å². The summed E-state index contributed by atoms with van der Waals surface area (Å²) < 4.78 is 4.99. The van der Waals surface area contributed by atoms with Crippen molar-refractivity contribution in [3.8, 4) is 0 Å². The van der Waals surface area contributed by atoms with Crippen molar-refractivity contribution in [3.05, 3.63) is 0 Å². The summed E-state index contributed by atoms with van der Waals surface area (Å²) >= 11 is 0. The largest absolute Gasteiger partial charge is 0.385 e. The van der Waals surface area contributed by atoms with Crippen LogP contribution in [0, 0.1) is 10.8 Å². The topological polar surface area (TPSA) is 58.6 Å². The highest BCUT2D eigenvalue weighted by molar-refractivity contribution is 5.81. The fourth-order valence-electron chi connectivity index (χ4n) is 1.12. The van der Waals surface area contributed by atoms with Crippen LogP contribution >= 0.6 is 0 Å². The molecule has 0 atom stereocenters. The summed E-state index contributed by atoms with van der Waals surface area (Å²) in [5, 5.41) is 8.63. The van der Waals surface area contributed by atoms with Gasteiger partial charge in [0.25, 0.3) is 0 Å². The normalized spacial score (nSPS) is 12.7. The zero-order chi connectivity index (χ0) is 11.4. The summed E-state index contributed by atoms with van der Waals surface area (Å²) in [6.07, 6.45) is 0.768. The van der Waals surface area contributed by atoms with Crippen LogP contribution in [0.3, 0.4) is 0 Å². The summed E-state index contributed by atoms with van der Waals surface area (Å²) in [5.74, 6) is -0.362. The third-order valence-electron chi connectivity index (χ3n) is 3.29. The van der Waals surface area contributed by atoms with Gasteiger partial charge < -0.3 is 4.74 Å². The highest BCUT2D eigenvalue weighted by Crippen LogP contribution is 2.41. The highest BCUT2D eigenvalue weighted by Gasteiger charge is 2.42. The molecule has 0 saturated carbocycles. The lowest BCUT2D eigenvalue weighted by atomic mass is 9.66. The Balaban J connectivity index is 4.59. The molecule has 0 spiro atoms. The summed E-state index contributed by atoms with van der Waals surface area (Å²) in [6.45, 7) is 8.21. The van der Waals surface area contributed by atoms with E-state index in [-0.39, 0.29) is 11.3 Å². The lowest BCUT2D eigenvalue weighted by molar-refractivity contribution is -0.145. The first-order valence-corrected chi connectivity index (χ1v) is 4.73. The van der Waals surface area contributed by atoms with Crippen LogP contribution in [0.1, 0.15) is 34.1 Å². The van der Waals surface area contributed by atoms with E-state index in [1.165, 1.54) is 0 Å². The second-order valence-electron chi connectivity index (χ2n) is 4.69. The molecule has 0 unspecified atom stereocenters.